The number of carbonyl (C=O) groups excluding carboxylic acids is 1. The molecule has 0 bridgehead atoms. The molecule has 2 aliphatic heterocycles. The number of rotatable bonds is 5. The smallest absolute Gasteiger partial charge is 0.381 e. The Morgan fingerprint density at radius 2 is 2.09 bits per heavy atom. The molecule has 2 aliphatic rings. The highest BCUT2D eigenvalue weighted by Crippen LogP contribution is 2.45. The summed E-state index contributed by atoms with van der Waals surface area (Å²) in [5, 5.41) is 13.4. The Balaban J connectivity index is 1.60. The van der Waals surface area contributed by atoms with E-state index in [-0.39, 0.29) is 22.8 Å². The van der Waals surface area contributed by atoms with Crippen molar-refractivity contribution in [3.05, 3.63) is 46.8 Å². The molecule has 34 heavy (non-hydrogen) atoms. The van der Waals surface area contributed by atoms with Gasteiger partial charge in [-0.2, -0.15) is 23.5 Å². The Labute approximate surface area is 196 Å². The van der Waals surface area contributed by atoms with Gasteiger partial charge in [0, 0.05) is 56.9 Å². The number of carbonyl (C=O) groups is 1. The zero-order chi connectivity index (χ0) is 24.7. The summed E-state index contributed by atoms with van der Waals surface area (Å²) in [7, 11) is 1.74. The van der Waals surface area contributed by atoms with Gasteiger partial charge in [0.05, 0.1) is 29.5 Å². The normalized spacial score (nSPS) is 22.6. The van der Waals surface area contributed by atoms with Crippen LogP contribution in [0, 0.1) is 29.6 Å². The second kappa shape index (κ2) is 8.95. The van der Waals surface area contributed by atoms with Gasteiger partial charge in [-0.05, 0) is 44.5 Å². The van der Waals surface area contributed by atoms with Crippen LogP contribution in [0.4, 0.5) is 18.9 Å². The first-order valence-corrected chi connectivity index (χ1v) is 11.3. The molecule has 10 heteroatoms. The number of benzene rings is 1. The summed E-state index contributed by atoms with van der Waals surface area (Å²) in [4.78, 5) is 16.9. The SMILES string of the molecule is CCOC[C@@]12CCN(C(=O)c3cc(C)nn3C)C[C@@H]1CN(c1ccc(C#N)c(C(F)(F)F)c1)C2. The molecule has 7 nitrogen and oxygen atoms in total. The van der Waals surface area contributed by atoms with E-state index in [0.717, 1.165) is 11.8 Å². The predicted molar refractivity (Wildman–Crippen MR) is 119 cm³/mol. The summed E-state index contributed by atoms with van der Waals surface area (Å²) in [6.07, 6.45) is -3.92. The Kier molecular flexibility index (Phi) is 6.34. The third kappa shape index (κ3) is 4.37. The number of hydrogen-bond donors (Lipinski definition) is 0. The highest BCUT2D eigenvalue weighted by Gasteiger charge is 2.51. The highest BCUT2D eigenvalue weighted by atomic mass is 19.4. The lowest BCUT2D eigenvalue weighted by molar-refractivity contribution is -0.137. The van der Waals surface area contributed by atoms with E-state index in [1.165, 1.54) is 6.07 Å². The molecule has 1 amide bonds. The monoisotopic (exact) mass is 475 g/mol. The molecule has 0 spiro atoms. The minimum atomic E-state index is -4.61. The minimum Gasteiger partial charge on any atom is -0.381 e. The summed E-state index contributed by atoms with van der Waals surface area (Å²) < 4.78 is 48.0. The van der Waals surface area contributed by atoms with Crippen molar-refractivity contribution in [2.24, 2.45) is 18.4 Å². The third-order valence-electron chi connectivity index (χ3n) is 7.03. The van der Waals surface area contributed by atoms with Crippen molar-refractivity contribution in [2.75, 3.05) is 44.3 Å². The molecule has 2 fully saturated rings. The molecular weight excluding hydrogens is 447 g/mol. The maximum absolute atomic E-state index is 13.5. The zero-order valence-corrected chi connectivity index (χ0v) is 19.5. The van der Waals surface area contributed by atoms with Gasteiger partial charge < -0.3 is 14.5 Å². The maximum atomic E-state index is 13.5. The number of alkyl halides is 3. The van der Waals surface area contributed by atoms with Crippen molar-refractivity contribution < 1.29 is 22.7 Å². The van der Waals surface area contributed by atoms with Gasteiger partial charge in [0.2, 0.25) is 0 Å². The number of anilines is 1. The number of fused-ring (bicyclic) bond motifs is 1. The summed E-state index contributed by atoms with van der Waals surface area (Å²) in [5.74, 6) is -0.0552. The molecular formula is C24H28F3N5O2. The van der Waals surface area contributed by atoms with Crippen molar-refractivity contribution in [1.29, 1.82) is 5.26 Å². The molecule has 182 valence electrons. The van der Waals surface area contributed by atoms with Crippen molar-refractivity contribution in [3.8, 4) is 6.07 Å². The van der Waals surface area contributed by atoms with E-state index in [2.05, 4.69) is 5.10 Å². The fourth-order valence-corrected chi connectivity index (χ4v) is 5.24. The van der Waals surface area contributed by atoms with E-state index in [1.54, 1.807) is 29.9 Å². The number of amides is 1. The van der Waals surface area contributed by atoms with Crippen LogP contribution in [-0.2, 0) is 18.0 Å². The van der Waals surface area contributed by atoms with Crippen molar-refractivity contribution in [2.45, 2.75) is 26.4 Å². The van der Waals surface area contributed by atoms with Gasteiger partial charge in [0.25, 0.3) is 5.91 Å². The Morgan fingerprint density at radius 3 is 2.71 bits per heavy atom. The molecule has 3 heterocycles. The number of halogens is 3. The second-order valence-corrected chi connectivity index (χ2v) is 9.21. The Morgan fingerprint density at radius 1 is 1.32 bits per heavy atom. The lowest BCUT2D eigenvalue weighted by Gasteiger charge is -2.43. The molecule has 2 atom stereocenters. The van der Waals surface area contributed by atoms with Crippen molar-refractivity contribution in [1.82, 2.24) is 14.7 Å². The first-order valence-electron chi connectivity index (χ1n) is 11.3. The summed E-state index contributed by atoms with van der Waals surface area (Å²) in [6.45, 7) is 6.86. The minimum absolute atomic E-state index is 0.0380. The topological polar surface area (TPSA) is 74.4 Å². The molecule has 0 aliphatic carbocycles. The molecule has 1 aromatic heterocycles. The summed E-state index contributed by atoms with van der Waals surface area (Å²) in [6, 6.07) is 7.26. The van der Waals surface area contributed by atoms with Gasteiger partial charge in [-0.1, -0.05) is 0 Å². The number of aryl methyl sites for hydroxylation is 2. The van der Waals surface area contributed by atoms with E-state index in [9.17, 15) is 18.0 Å². The predicted octanol–water partition coefficient (Wildman–Crippen LogP) is 3.62. The molecule has 4 rings (SSSR count). The van der Waals surface area contributed by atoms with E-state index >= 15 is 0 Å². The molecule has 2 saturated heterocycles. The van der Waals surface area contributed by atoms with Crippen LogP contribution in [0.1, 0.15) is 40.7 Å². The van der Waals surface area contributed by atoms with Gasteiger partial charge in [-0.15, -0.1) is 0 Å². The fourth-order valence-electron chi connectivity index (χ4n) is 5.24. The number of likely N-dealkylation sites (tertiary alicyclic amines) is 1. The fraction of sp³-hybridized carbons (Fsp3) is 0.542. The lowest BCUT2D eigenvalue weighted by atomic mass is 9.73. The first kappa shape index (κ1) is 24.1. The average molecular weight is 476 g/mol. The van der Waals surface area contributed by atoms with E-state index in [1.807, 2.05) is 23.6 Å². The Hall–Kier alpha value is -3.06. The van der Waals surface area contributed by atoms with E-state index in [0.29, 0.717) is 57.2 Å². The number of ether oxygens (including phenoxy) is 1. The largest absolute Gasteiger partial charge is 0.417 e. The molecule has 1 aromatic carbocycles. The van der Waals surface area contributed by atoms with E-state index < -0.39 is 11.7 Å². The molecule has 0 radical (unpaired) electrons. The molecule has 0 unspecified atom stereocenters. The molecule has 0 N–H and O–H groups in total. The molecule has 0 saturated carbocycles. The second-order valence-electron chi connectivity index (χ2n) is 9.21. The third-order valence-corrected chi connectivity index (χ3v) is 7.03. The van der Waals surface area contributed by atoms with E-state index in [4.69, 9.17) is 10.00 Å². The number of nitrogens with zero attached hydrogens (tertiary/aromatic N) is 5. The number of nitriles is 1. The van der Waals surface area contributed by atoms with Gasteiger partial charge >= 0.3 is 6.18 Å². The zero-order valence-electron chi connectivity index (χ0n) is 19.5. The standard InChI is InChI=1S/C24H28F3N5O2/c1-4-34-15-23-7-8-31(22(33)21-9-16(2)29-30(21)3)12-18(23)13-32(14-23)19-6-5-17(11-28)20(10-19)24(25,26)27/h5-6,9-10,18H,4,7-8,12-15H2,1-3H3/t18-,23+/m1/s1. The van der Waals surface area contributed by atoms with Gasteiger partial charge in [0.15, 0.2) is 0 Å². The number of piperidine rings is 1. The van der Waals surface area contributed by atoms with Crippen LogP contribution in [0.5, 0.6) is 0 Å². The molecule has 2 aromatic rings. The maximum Gasteiger partial charge on any atom is 0.417 e. The summed E-state index contributed by atoms with van der Waals surface area (Å²) >= 11 is 0. The van der Waals surface area contributed by atoms with Gasteiger partial charge in [-0.3, -0.25) is 9.48 Å². The number of aromatic nitrogens is 2. The average Bonchev–Trinajstić information content (AvgIpc) is 3.35. The van der Waals surface area contributed by atoms with Crippen LogP contribution in [0.2, 0.25) is 0 Å². The quantitative estimate of drug-likeness (QED) is 0.661. The van der Waals surface area contributed by atoms with Crippen molar-refractivity contribution >= 4 is 11.6 Å². The van der Waals surface area contributed by atoms with Crippen LogP contribution < -0.4 is 4.90 Å². The van der Waals surface area contributed by atoms with Crippen LogP contribution in [0.15, 0.2) is 24.3 Å². The van der Waals surface area contributed by atoms with Gasteiger partial charge in [0.1, 0.15) is 5.69 Å². The first-order chi connectivity index (χ1) is 16.1. The van der Waals surface area contributed by atoms with Crippen molar-refractivity contribution in [3.63, 3.8) is 0 Å². The van der Waals surface area contributed by atoms with Crippen LogP contribution in [0.3, 0.4) is 0 Å². The van der Waals surface area contributed by atoms with Crippen LogP contribution in [-0.4, -0.2) is 60.0 Å². The Bertz CT molecular complexity index is 1120. The highest BCUT2D eigenvalue weighted by molar-refractivity contribution is 5.92. The van der Waals surface area contributed by atoms with Crippen LogP contribution in [0.25, 0.3) is 0 Å². The van der Waals surface area contributed by atoms with Crippen LogP contribution >= 0.6 is 0 Å². The van der Waals surface area contributed by atoms with Gasteiger partial charge in [-0.25, -0.2) is 0 Å². The number of hydrogen-bond acceptors (Lipinski definition) is 5. The summed E-state index contributed by atoms with van der Waals surface area (Å²) in [5.41, 5.74) is 0.136. The lowest BCUT2D eigenvalue weighted by Crippen LogP contribution is -2.51.